The highest BCUT2D eigenvalue weighted by Gasteiger charge is 2.18. The summed E-state index contributed by atoms with van der Waals surface area (Å²) in [5, 5.41) is 12.6. The van der Waals surface area contributed by atoms with Gasteiger partial charge >= 0.3 is 0 Å². The average Bonchev–Trinajstić information content (AvgIpc) is 2.58. The molecule has 0 radical (unpaired) electrons. The van der Waals surface area contributed by atoms with Crippen LogP contribution in [0.25, 0.3) is 0 Å². The lowest BCUT2D eigenvalue weighted by atomic mass is 9.97. The predicted molar refractivity (Wildman–Crippen MR) is 111 cm³/mol. The van der Waals surface area contributed by atoms with Gasteiger partial charge in [-0.05, 0) is 29.9 Å². The predicted octanol–water partition coefficient (Wildman–Crippen LogP) is 2.69. The molecule has 0 aliphatic carbocycles. The molecule has 0 bridgehead atoms. The quantitative estimate of drug-likeness (QED) is 0.517. The molecule has 0 unspecified atom stereocenters. The van der Waals surface area contributed by atoms with E-state index in [1.165, 1.54) is 12.1 Å². The smallest absolute Gasteiger partial charge is 0.241 e. The second-order valence-corrected chi connectivity index (χ2v) is 9.45. The van der Waals surface area contributed by atoms with Crippen molar-refractivity contribution in [2.75, 3.05) is 22.9 Å². The standard InChI is InChI=1S/C19H27F2N5O3S/c1-11(2)7-14(10-27)22-18-23-17(24-19(25-18)26-30(4,28)29)8-12(3)15-6-5-13(20)9-16(15)21/h5-6,9,11-12,14,27H,7-8,10H2,1-4H3,(H2,22,23,24,25,26)/t12-,14+/m0/s1. The molecule has 1 aromatic carbocycles. The van der Waals surface area contributed by atoms with Crippen LogP contribution in [-0.4, -0.2) is 47.4 Å². The summed E-state index contributed by atoms with van der Waals surface area (Å²) >= 11 is 0. The Hall–Kier alpha value is -2.40. The van der Waals surface area contributed by atoms with Crippen molar-refractivity contribution >= 4 is 21.9 Å². The lowest BCUT2D eigenvalue weighted by molar-refractivity contribution is 0.259. The van der Waals surface area contributed by atoms with E-state index < -0.39 is 27.6 Å². The van der Waals surface area contributed by atoms with E-state index >= 15 is 0 Å². The van der Waals surface area contributed by atoms with E-state index in [2.05, 4.69) is 25.0 Å². The van der Waals surface area contributed by atoms with E-state index in [0.717, 1.165) is 12.3 Å². The summed E-state index contributed by atoms with van der Waals surface area (Å²) in [7, 11) is -3.64. The van der Waals surface area contributed by atoms with Crippen molar-refractivity contribution in [3.63, 3.8) is 0 Å². The van der Waals surface area contributed by atoms with Crippen LogP contribution in [0.15, 0.2) is 18.2 Å². The monoisotopic (exact) mass is 443 g/mol. The molecule has 3 N–H and O–H groups in total. The van der Waals surface area contributed by atoms with Crippen LogP contribution >= 0.6 is 0 Å². The van der Waals surface area contributed by atoms with Gasteiger partial charge in [-0.25, -0.2) is 17.2 Å². The molecule has 166 valence electrons. The minimum Gasteiger partial charge on any atom is -0.394 e. The van der Waals surface area contributed by atoms with Crippen LogP contribution in [0.2, 0.25) is 0 Å². The fourth-order valence-electron chi connectivity index (χ4n) is 3.00. The summed E-state index contributed by atoms with van der Waals surface area (Å²) in [4.78, 5) is 12.5. The summed E-state index contributed by atoms with van der Waals surface area (Å²) < 4.78 is 52.7. The van der Waals surface area contributed by atoms with Crippen LogP contribution in [0.5, 0.6) is 0 Å². The van der Waals surface area contributed by atoms with E-state index in [9.17, 15) is 22.3 Å². The highest BCUT2D eigenvalue weighted by molar-refractivity contribution is 7.91. The Morgan fingerprint density at radius 1 is 1.10 bits per heavy atom. The number of halogens is 2. The molecule has 2 aromatic rings. The van der Waals surface area contributed by atoms with Crippen LogP contribution in [0.4, 0.5) is 20.7 Å². The third-order valence-corrected chi connectivity index (χ3v) is 4.80. The number of aromatic nitrogens is 3. The second kappa shape index (κ2) is 10.1. The molecule has 0 aliphatic rings. The first-order chi connectivity index (χ1) is 14.0. The third-order valence-electron chi connectivity index (χ3n) is 4.25. The van der Waals surface area contributed by atoms with E-state index in [1.54, 1.807) is 6.92 Å². The van der Waals surface area contributed by atoms with Gasteiger partial charge in [0, 0.05) is 12.5 Å². The molecular weight excluding hydrogens is 416 g/mol. The molecule has 0 spiro atoms. The Balaban J connectivity index is 2.33. The fraction of sp³-hybridized carbons (Fsp3) is 0.526. The number of hydrogen-bond acceptors (Lipinski definition) is 7. The Morgan fingerprint density at radius 3 is 2.33 bits per heavy atom. The number of nitrogens with zero attached hydrogens (tertiary/aromatic N) is 3. The lowest BCUT2D eigenvalue weighted by Crippen LogP contribution is -2.27. The van der Waals surface area contributed by atoms with Crippen molar-refractivity contribution < 1.29 is 22.3 Å². The van der Waals surface area contributed by atoms with Gasteiger partial charge in [-0.15, -0.1) is 0 Å². The van der Waals surface area contributed by atoms with Gasteiger partial charge in [0.1, 0.15) is 17.5 Å². The largest absolute Gasteiger partial charge is 0.394 e. The summed E-state index contributed by atoms with van der Waals surface area (Å²) in [6.45, 7) is 5.56. The number of anilines is 2. The van der Waals surface area contributed by atoms with Gasteiger partial charge in [0.2, 0.25) is 21.9 Å². The number of hydrogen-bond donors (Lipinski definition) is 3. The average molecular weight is 444 g/mol. The Morgan fingerprint density at radius 2 is 1.77 bits per heavy atom. The maximum atomic E-state index is 14.1. The molecule has 11 heteroatoms. The molecule has 2 atom stereocenters. The first-order valence-electron chi connectivity index (χ1n) is 9.52. The Kier molecular flexibility index (Phi) is 8.02. The van der Waals surface area contributed by atoms with E-state index in [-0.39, 0.29) is 42.4 Å². The van der Waals surface area contributed by atoms with E-state index in [1.807, 2.05) is 13.8 Å². The number of benzene rings is 1. The number of aliphatic hydroxyl groups is 1. The maximum Gasteiger partial charge on any atom is 0.241 e. The van der Waals surface area contributed by atoms with Gasteiger partial charge in [0.05, 0.1) is 18.9 Å². The molecule has 30 heavy (non-hydrogen) atoms. The van der Waals surface area contributed by atoms with Gasteiger partial charge in [-0.1, -0.05) is 26.8 Å². The maximum absolute atomic E-state index is 14.1. The van der Waals surface area contributed by atoms with Crippen molar-refractivity contribution in [3.05, 3.63) is 41.2 Å². The zero-order valence-corrected chi connectivity index (χ0v) is 18.2. The summed E-state index contributed by atoms with van der Waals surface area (Å²) in [5.41, 5.74) is 0.289. The Bertz CT molecular complexity index is 973. The van der Waals surface area contributed by atoms with Gasteiger partial charge in [-0.2, -0.15) is 15.0 Å². The number of nitrogens with one attached hydrogen (secondary N) is 2. The van der Waals surface area contributed by atoms with Crippen molar-refractivity contribution in [2.45, 2.75) is 45.6 Å². The van der Waals surface area contributed by atoms with Gasteiger partial charge in [-0.3, -0.25) is 4.72 Å². The molecule has 1 aromatic heterocycles. The molecule has 0 amide bonds. The number of rotatable bonds is 10. The van der Waals surface area contributed by atoms with Crippen LogP contribution < -0.4 is 10.0 Å². The van der Waals surface area contributed by atoms with Crippen molar-refractivity contribution in [1.82, 2.24) is 15.0 Å². The lowest BCUT2D eigenvalue weighted by Gasteiger charge is -2.19. The molecule has 8 nitrogen and oxygen atoms in total. The summed E-state index contributed by atoms with van der Waals surface area (Å²) in [6.07, 6.45) is 1.77. The van der Waals surface area contributed by atoms with E-state index in [4.69, 9.17) is 0 Å². The van der Waals surface area contributed by atoms with Crippen molar-refractivity contribution in [2.24, 2.45) is 5.92 Å². The topological polar surface area (TPSA) is 117 Å². The molecular formula is C19H27F2N5O3S. The first kappa shape index (κ1) is 23.9. The van der Waals surface area contributed by atoms with Crippen molar-refractivity contribution in [1.29, 1.82) is 0 Å². The second-order valence-electron chi connectivity index (χ2n) is 7.70. The van der Waals surface area contributed by atoms with E-state index in [0.29, 0.717) is 12.3 Å². The van der Waals surface area contributed by atoms with Gasteiger partial charge < -0.3 is 10.4 Å². The third kappa shape index (κ3) is 7.45. The molecule has 1 heterocycles. The first-order valence-corrected chi connectivity index (χ1v) is 11.4. The molecule has 2 rings (SSSR count). The number of aliphatic hydroxyl groups excluding tert-OH is 1. The molecule has 0 fully saturated rings. The fourth-order valence-corrected chi connectivity index (χ4v) is 3.43. The molecule has 0 saturated carbocycles. The van der Waals surface area contributed by atoms with Gasteiger partial charge in [0.25, 0.3) is 0 Å². The van der Waals surface area contributed by atoms with Crippen LogP contribution in [0, 0.1) is 17.6 Å². The SMILES string of the molecule is CC(C)C[C@H](CO)Nc1nc(C[C@H](C)c2ccc(F)cc2F)nc(NS(C)(=O)=O)n1. The van der Waals surface area contributed by atoms with Crippen LogP contribution in [0.3, 0.4) is 0 Å². The van der Waals surface area contributed by atoms with Crippen LogP contribution in [0.1, 0.15) is 44.5 Å². The summed E-state index contributed by atoms with van der Waals surface area (Å²) in [6, 6.07) is 3.00. The van der Waals surface area contributed by atoms with Crippen LogP contribution in [-0.2, 0) is 16.4 Å². The highest BCUT2D eigenvalue weighted by atomic mass is 32.2. The Labute approximate surface area is 175 Å². The molecule has 0 aliphatic heterocycles. The molecule has 0 saturated heterocycles. The minimum absolute atomic E-state index is 0.0950. The minimum atomic E-state index is -3.64. The van der Waals surface area contributed by atoms with Crippen molar-refractivity contribution in [3.8, 4) is 0 Å². The zero-order chi connectivity index (χ0) is 22.5. The summed E-state index contributed by atoms with van der Waals surface area (Å²) in [5.74, 6) is -1.33. The number of sulfonamides is 1. The normalized spacial score (nSPS) is 13.9. The zero-order valence-electron chi connectivity index (χ0n) is 17.4. The highest BCUT2D eigenvalue weighted by Crippen LogP contribution is 2.23. The van der Waals surface area contributed by atoms with Gasteiger partial charge in [0.15, 0.2) is 0 Å².